The topological polar surface area (TPSA) is 70.7 Å². The van der Waals surface area contributed by atoms with Crippen molar-refractivity contribution in [2.45, 2.75) is 6.92 Å². The van der Waals surface area contributed by atoms with Gasteiger partial charge in [-0.1, -0.05) is 41.7 Å². The molecule has 1 aromatic heterocycles. The third kappa shape index (κ3) is 3.29. The lowest BCUT2D eigenvalue weighted by molar-refractivity contribution is -0.113. The van der Waals surface area contributed by atoms with E-state index in [1.165, 1.54) is 11.8 Å². The third-order valence-corrected chi connectivity index (χ3v) is 4.38. The van der Waals surface area contributed by atoms with Crippen LogP contribution in [-0.2, 0) is 4.79 Å². The fourth-order valence-corrected chi connectivity index (χ4v) is 2.95. The Hall–Kier alpha value is -2.54. The Kier molecular flexibility index (Phi) is 4.20. The van der Waals surface area contributed by atoms with Gasteiger partial charge in [0.2, 0.25) is 5.91 Å². The molecule has 0 aliphatic carbocycles. The number of nitrogens with zero attached hydrogens (tertiary/aromatic N) is 3. The number of amidine groups is 1. The number of aliphatic imine (C=N–C) groups is 1. The van der Waals surface area contributed by atoms with E-state index in [0.29, 0.717) is 11.6 Å². The van der Waals surface area contributed by atoms with Crippen LogP contribution in [0.3, 0.4) is 0 Å². The summed E-state index contributed by atoms with van der Waals surface area (Å²) in [7, 11) is 1.89. The average Bonchev–Trinajstić information content (AvgIpc) is 2.94. The van der Waals surface area contributed by atoms with Crippen molar-refractivity contribution in [2.24, 2.45) is 4.99 Å². The molecule has 7 heteroatoms. The number of carbonyl (C=O) groups is 1. The van der Waals surface area contributed by atoms with E-state index in [9.17, 15) is 4.79 Å². The Bertz CT molecular complexity index is 797. The van der Waals surface area contributed by atoms with Crippen LogP contribution < -0.4 is 5.32 Å². The molecule has 1 amide bonds. The number of anilines is 1. The highest BCUT2D eigenvalue weighted by Crippen LogP contribution is 2.34. The van der Waals surface area contributed by atoms with Crippen LogP contribution in [0.2, 0.25) is 0 Å². The minimum Gasteiger partial charge on any atom is -0.360 e. The van der Waals surface area contributed by atoms with E-state index in [1.807, 2.05) is 36.2 Å². The van der Waals surface area contributed by atoms with Gasteiger partial charge in [0.1, 0.15) is 5.76 Å². The maximum atomic E-state index is 12.0. The van der Waals surface area contributed by atoms with E-state index < -0.39 is 0 Å². The van der Waals surface area contributed by atoms with Crippen LogP contribution in [-0.4, -0.2) is 33.9 Å². The van der Waals surface area contributed by atoms with E-state index in [2.05, 4.69) is 22.0 Å². The molecule has 0 radical (unpaired) electrons. The van der Waals surface area contributed by atoms with E-state index in [1.54, 1.807) is 13.0 Å². The molecule has 2 heterocycles. The van der Waals surface area contributed by atoms with Crippen LogP contribution in [0.5, 0.6) is 0 Å². The summed E-state index contributed by atoms with van der Waals surface area (Å²) in [5, 5.41) is 7.16. The molecule has 0 spiro atoms. The first kappa shape index (κ1) is 15.4. The second-order valence-electron chi connectivity index (χ2n) is 5.08. The fourth-order valence-electron chi connectivity index (χ4n) is 2.15. The van der Waals surface area contributed by atoms with Crippen LogP contribution in [0.25, 0.3) is 5.70 Å². The Morgan fingerprint density at radius 3 is 2.96 bits per heavy atom. The number of aromatic nitrogens is 1. The highest BCUT2D eigenvalue weighted by Gasteiger charge is 2.21. The molecule has 0 bridgehead atoms. The lowest BCUT2D eigenvalue weighted by Crippen LogP contribution is -2.26. The highest BCUT2D eigenvalue weighted by molar-refractivity contribution is 8.14. The molecule has 0 saturated heterocycles. The molecule has 3 rings (SSSR count). The van der Waals surface area contributed by atoms with Crippen molar-refractivity contribution in [2.75, 3.05) is 18.1 Å². The maximum Gasteiger partial charge on any atom is 0.236 e. The predicted molar refractivity (Wildman–Crippen MR) is 92.7 cm³/mol. The summed E-state index contributed by atoms with van der Waals surface area (Å²) in [4.78, 5) is 18.5. The van der Waals surface area contributed by atoms with Crippen molar-refractivity contribution >= 4 is 40.0 Å². The summed E-state index contributed by atoms with van der Waals surface area (Å²) in [6.45, 7) is 5.86. The molecule has 0 unspecified atom stereocenters. The second-order valence-corrected chi connectivity index (χ2v) is 6.02. The maximum absolute atomic E-state index is 12.0. The number of thioether (sulfide) groups is 1. The number of amides is 1. The number of para-hydroxylation sites is 1. The van der Waals surface area contributed by atoms with Crippen LogP contribution in [0.15, 0.2) is 46.4 Å². The van der Waals surface area contributed by atoms with Gasteiger partial charge < -0.3 is 14.7 Å². The lowest BCUT2D eigenvalue weighted by atomic mass is 10.1. The molecule has 1 aliphatic heterocycles. The molecule has 0 saturated carbocycles. The monoisotopic (exact) mass is 328 g/mol. The largest absolute Gasteiger partial charge is 0.360 e. The van der Waals surface area contributed by atoms with Crippen molar-refractivity contribution in [3.63, 3.8) is 0 Å². The van der Waals surface area contributed by atoms with Crippen LogP contribution in [0, 0.1) is 6.92 Å². The first-order chi connectivity index (χ1) is 11.0. The van der Waals surface area contributed by atoms with E-state index >= 15 is 0 Å². The van der Waals surface area contributed by atoms with Crippen LogP contribution >= 0.6 is 11.8 Å². The normalized spacial score (nSPS) is 13.6. The zero-order valence-corrected chi connectivity index (χ0v) is 13.7. The van der Waals surface area contributed by atoms with Crippen molar-refractivity contribution in [3.05, 3.63) is 48.2 Å². The number of hydrogen-bond donors (Lipinski definition) is 1. The molecule has 0 atom stereocenters. The molecule has 1 N–H and O–H groups in total. The molecular formula is C16H16N4O2S. The Balaban J connectivity index is 1.67. The summed E-state index contributed by atoms with van der Waals surface area (Å²) in [5.74, 6) is 1.13. The zero-order chi connectivity index (χ0) is 16.4. The number of fused-ring (bicyclic) bond motifs is 1. The van der Waals surface area contributed by atoms with Gasteiger partial charge in [0.05, 0.1) is 11.4 Å². The molecule has 23 heavy (non-hydrogen) atoms. The summed E-state index contributed by atoms with van der Waals surface area (Å²) in [6.07, 6.45) is 0. The van der Waals surface area contributed by atoms with Crippen LogP contribution in [0.4, 0.5) is 11.5 Å². The van der Waals surface area contributed by atoms with E-state index in [-0.39, 0.29) is 11.7 Å². The molecular weight excluding hydrogens is 312 g/mol. The second kappa shape index (κ2) is 6.29. The van der Waals surface area contributed by atoms with E-state index in [4.69, 9.17) is 4.52 Å². The summed E-state index contributed by atoms with van der Waals surface area (Å²) >= 11 is 1.35. The minimum absolute atomic E-state index is 0.163. The van der Waals surface area contributed by atoms with Gasteiger partial charge in [-0.15, -0.1) is 0 Å². The number of rotatable bonds is 3. The Labute approximate surface area is 138 Å². The van der Waals surface area contributed by atoms with E-state index in [0.717, 1.165) is 22.1 Å². The van der Waals surface area contributed by atoms with Gasteiger partial charge in [-0.25, -0.2) is 4.99 Å². The standard InChI is InChI=1S/C16H16N4O2S/c1-10-8-14(19-22-10)18-15(21)9-23-16-17-13-7-5-4-6-12(13)11(2)20(16)3/h4-8H,2,9H2,1,3H3,(H,18,19,21). The molecule has 2 aromatic rings. The van der Waals surface area contributed by atoms with Gasteiger partial charge in [-0.05, 0) is 13.0 Å². The van der Waals surface area contributed by atoms with Gasteiger partial charge in [0, 0.05) is 24.4 Å². The third-order valence-electron chi connectivity index (χ3n) is 3.35. The van der Waals surface area contributed by atoms with Gasteiger partial charge in [0.25, 0.3) is 0 Å². The average molecular weight is 328 g/mol. The van der Waals surface area contributed by atoms with Gasteiger partial charge >= 0.3 is 0 Å². The molecule has 0 fully saturated rings. The Morgan fingerprint density at radius 2 is 2.22 bits per heavy atom. The highest BCUT2D eigenvalue weighted by atomic mass is 32.2. The zero-order valence-electron chi connectivity index (χ0n) is 12.9. The number of nitrogens with one attached hydrogen (secondary N) is 1. The SMILES string of the molecule is C=C1c2ccccc2N=C(SCC(=O)Nc2cc(C)on2)N1C. The molecule has 6 nitrogen and oxygen atoms in total. The quantitative estimate of drug-likeness (QED) is 0.936. The molecule has 118 valence electrons. The van der Waals surface area contributed by atoms with Gasteiger partial charge in [-0.3, -0.25) is 4.79 Å². The molecule has 1 aromatic carbocycles. The first-order valence-corrected chi connectivity index (χ1v) is 8.00. The summed E-state index contributed by atoms with van der Waals surface area (Å²) in [6, 6.07) is 9.48. The van der Waals surface area contributed by atoms with Crippen molar-refractivity contribution in [1.29, 1.82) is 0 Å². The van der Waals surface area contributed by atoms with Crippen molar-refractivity contribution in [1.82, 2.24) is 10.1 Å². The van der Waals surface area contributed by atoms with Crippen LogP contribution in [0.1, 0.15) is 11.3 Å². The number of carbonyl (C=O) groups excluding carboxylic acids is 1. The number of hydrogen-bond acceptors (Lipinski definition) is 6. The number of benzene rings is 1. The fraction of sp³-hybridized carbons (Fsp3) is 0.188. The predicted octanol–water partition coefficient (Wildman–Crippen LogP) is 3.26. The Morgan fingerprint density at radius 1 is 1.43 bits per heavy atom. The van der Waals surface area contributed by atoms with Crippen molar-refractivity contribution in [3.8, 4) is 0 Å². The lowest BCUT2D eigenvalue weighted by Gasteiger charge is -2.28. The first-order valence-electron chi connectivity index (χ1n) is 7.01. The van der Waals surface area contributed by atoms with Crippen molar-refractivity contribution < 1.29 is 9.32 Å². The van der Waals surface area contributed by atoms with Gasteiger partial charge in [-0.2, -0.15) is 0 Å². The summed E-state index contributed by atoms with van der Waals surface area (Å²) in [5.41, 5.74) is 2.73. The number of aryl methyl sites for hydroxylation is 1. The summed E-state index contributed by atoms with van der Waals surface area (Å²) < 4.78 is 4.91. The smallest absolute Gasteiger partial charge is 0.236 e. The molecule has 1 aliphatic rings. The minimum atomic E-state index is -0.163. The van der Waals surface area contributed by atoms with Gasteiger partial charge in [0.15, 0.2) is 11.0 Å².